The summed E-state index contributed by atoms with van der Waals surface area (Å²) in [7, 11) is 3.12. The van der Waals surface area contributed by atoms with Gasteiger partial charge in [-0.1, -0.05) is 40.8 Å². The number of methoxy groups -OCH3 is 2. The highest BCUT2D eigenvalue weighted by Crippen LogP contribution is 2.33. The lowest BCUT2D eigenvalue weighted by molar-refractivity contribution is -0.115. The zero-order valence-electron chi connectivity index (χ0n) is 16.9. The summed E-state index contributed by atoms with van der Waals surface area (Å²) in [6.07, 6.45) is 0. The van der Waals surface area contributed by atoms with Gasteiger partial charge < -0.3 is 20.1 Å². The lowest BCUT2D eigenvalue weighted by Crippen LogP contribution is -2.22. The Morgan fingerprint density at radius 1 is 1.17 bits per heavy atom. The Labute approximate surface area is 188 Å². The fraction of sp³-hybridized carbons (Fsp3) is 0.250. The third-order valence-corrected chi connectivity index (χ3v) is 6.61. The minimum Gasteiger partial charge on any atom is -0.497 e. The maximum absolute atomic E-state index is 12.6. The van der Waals surface area contributed by atoms with Crippen LogP contribution in [0.25, 0.3) is 0 Å². The van der Waals surface area contributed by atoms with Gasteiger partial charge in [-0.25, -0.2) is 0 Å². The van der Waals surface area contributed by atoms with E-state index in [0.717, 1.165) is 11.3 Å². The Bertz CT molecular complexity index is 1020. The molecule has 0 radical (unpaired) electrons. The number of nitrogens with one attached hydrogen (secondary N) is 2. The Balaban J connectivity index is 1.63. The number of carbonyl (C=O) groups excluding carboxylic acids is 1. The third kappa shape index (κ3) is 5.56. The highest BCUT2D eigenvalue weighted by atomic mass is 35.5. The Morgan fingerprint density at radius 3 is 2.53 bits per heavy atom. The van der Waals surface area contributed by atoms with Gasteiger partial charge in [-0.2, -0.15) is 0 Å². The molecule has 3 rings (SSSR count). The zero-order chi connectivity index (χ0) is 21.7. The molecule has 3 aromatic rings. The van der Waals surface area contributed by atoms with E-state index in [9.17, 15) is 4.79 Å². The van der Waals surface area contributed by atoms with Gasteiger partial charge in [0.1, 0.15) is 11.5 Å². The number of hydrogen-bond donors (Lipinski definition) is 2. The third-order valence-electron chi connectivity index (χ3n) is 4.18. The predicted molar refractivity (Wildman–Crippen MR) is 123 cm³/mol. The molecule has 1 amide bonds. The first-order valence-corrected chi connectivity index (χ1v) is 11.0. The molecule has 158 valence electrons. The van der Waals surface area contributed by atoms with Crippen LogP contribution < -0.4 is 20.1 Å². The van der Waals surface area contributed by atoms with Crippen molar-refractivity contribution in [3.63, 3.8) is 0 Å². The molecule has 2 aromatic carbocycles. The first-order chi connectivity index (χ1) is 14.4. The summed E-state index contributed by atoms with van der Waals surface area (Å²) in [6, 6.07) is 10.8. The number of ether oxygens (including phenoxy) is 2. The normalized spacial score (nSPS) is 11.6. The maximum atomic E-state index is 12.6. The van der Waals surface area contributed by atoms with Gasteiger partial charge in [0.15, 0.2) is 4.34 Å². The van der Waals surface area contributed by atoms with E-state index in [2.05, 4.69) is 20.8 Å². The number of aromatic nitrogens is 2. The molecule has 0 aliphatic heterocycles. The van der Waals surface area contributed by atoms with E-state index in [1.807, 2.05) is 32.0 Å². The van der Waals surface area contributed by atoms with Crippen molar-refractivity contribution in [2.45, 2.75) is 23.4 Å². The number of carbonyl (C=O) groups is 1. The lowest BCUT2D eigenvalue weighted by atomic mass is 10.2. The maximum Gasteiger partial charge on any atom is 0.237 e. The van der Waals surface area contributed by atoms with Crippen molar-refractivity contribution in [3.8, 4) is 11.5 Å². The van der Waals surface area contributed by atoms with Crippen molar-refractivity contribution < 1.29 is 14.3 Å². The number of thioether (sulfide) groups is 1. The lowest BCUT2D eigenvalue weighted by Gasteiger charge is -2.12. The standard InChI is InChI=1S/C20H21ClN4O3S2/c1-11-16(21)6-5-7-17(11)23-19-24-25-20(30-19)29-12(2)18(26)22-13-8-14(27-3)10-15(9-13)28-4/h5-10,12H,1-4H3,(H,22,26)(H,23,24). The second-order valence-corrected chi connectivity index (χ2v) is 9.23. The van der Waals surface area contributed by atoms with Gasteiger partial charge in [0, 0.05) is 34.6 Å². The average Bonchev–Trinajstić information content (AvgIpc) is 3.17. The summed E-state index contributed by atoms with van der Waals surface area (Å²) < 4.78 is 11.2. The summed E-state index contributed by atoms with van der Waals surface area (Å²) >= 11 is 8.86. The number of benzene rings is 2. The molecule has 1 unspecified atom stereocenters. The second-order valence-electron chi connectivity index (χ2n) is 6.26. The number of halogens is 1. The van der Waals surface area contributed by atoms with Crippen molar-refractivity contribution >= 4 is 57.1 Å². The smallest absolute Gasteiger partial charge is 0.237 e. The van der Waals surface area contributed by atoms with E-state index < -0.39 is 0 Å². The summed E-state index contributed by atoms with van der Waals surface area (Å²) in [5.74, 6) is 1.04. The van der Waals surface area contributed by atoms with Crippen molar-refractivity contribution in [2.24, 2.45) is 0 Å². The molecule has 0 bridgehead atoms. The van der Waals surface area contributed by atoms with Crippen molar-refractivity contribution in [1.82, 2.24) is 10.2 Å². The largest absolute Gasteiger partial charge is 0.497 e. The molecule has 0 aliphatic rings. The van der Waals surface area contributed by atoms with Gasteiger partial charge in [-0.05, 0) is 31.5 Å². The highest BCUT2D eigenvalue weighted by Gasteiger charge is 2.18. The summed E-state index contributed by atoms with van der Waals surface area (Å²) in [5.41, 5.74) is 2.40. The summed E-state index contributed by atoms with van der Waals surface area (Å²) in [5, 5.41) is 15.3. The topological polar surface area (TPSA) is 85.4 Å². The van der Waals surface area contributed by atoms with E-state index in [1.54, 1.807) is 32.4 Å². The van der Waals surface area contributed by atoms with Crippen molar-refractivity contribution in [2.75, 3.05) is 24.9 Å². The Hall–Kier alpha value is -2.49. The molecule has 10 heteroatoms. The van der Waals surface area contributed by atoms with E-state index in [1.165, 1.54) is 23.1 Å². The molecule has 1 heterocycles. The Kier molecular flexibility index (Phi) is 7.41. The fourth-order valence-corrected chi connectivity index (χ4v) is 4.58. The molecule has 0 spiro atoms. The van der Waals surface area contributed by atoms with Gasteiger partial charge in [-0.3, -0.25) is 4.79 Å². The van der Waals surface area contributed by atoms with Crippen LogP contribution >= 0.6 is 34.7 Å². The zero-order valence-corrected chi connectivity index (χ0v) is 19.2. The van der Waals surface area contributed by atoms with Crippen LogP contribution in [0.3, 0.4) is 0 Å². The second kappa shape index (κ2) is 10.0. The number of hydrogen-bond acceptors (Lipinski definition) is 8. The van der Waals surface area contributed by atoms with E-state index in [0.29, 0.717) is 31.7 Å². The molecular formula is C20H21ClN4O3S2. The van der Waals surface area contributed by atoms with Crippen LogP contribution in [0.15, 0.2) is 40.7 Å². The SMILES string of the molecule is COc1cc(NC(=O)C(C)Sc2nnc(Nc3cccc(Cl)c3C)s2)cc(OC)c1. The molecule has 0 fully saturated rings. The fourth-order valence-electron chi connectivity index (χ4n) is 2.49. The van der Waals surface area contributed by atoms with Crippen LogP contribution in [0.2, 0.25) is 5.02 Å². The van der Waals surface area contributed by atoms with Crippen LogP contribution in [0.5, 0.6) is 11.5 Å². The number of amides is 1. The number of rotatable bonds is 8. The molecule has 0 saturated heterocycles. The number of anilines is 3. The predicted octanol–water partition coefficient (Wildman–Crippen LogP) is 5.38. The van der Waals surface area contributed by atoms with Gasteiger partial charge in [0.2, 0.25) is 11.0 Å². The van der Waals surface area contributed by atoms with Crippen LogP contribution in [0.4, 0.5) is 16.5 Å². The van der Waals surface area contributed by atoms with E-state index in [4.69, 9.17) is 21.1 Å². The molecule has 2 N–H and O–H groups in total. The monoisotopic (exact) mass is 464 g/mol. The first kappa shape index (κ1) is 22.2. The summed E-state index contributed by atoms with van der Waals surface area (Å²) in [4.78, 5) is 12.6. The molecule has 30 heavy (non-hydrogen) atoms. The Morgan fingerprint density at radius 2 is 1.87 bits per heavy atom. The quantitative estimate of drug-likeness (QED) is 0.433. The molecule has 0 aliphatic carbocycles. The average molecular weight is 465 g/mol. The first-order valence-electron chi connectivity index (χ1n) is 8.96. The minimum atomic E-state index is -0.379. The van der Waals surface area contributed by atoms with E-state index in [-0.39, 0.29) is 11.2 Å². The van der Waals surface area contributed by atoms with Gasteiger partial charge >= 0.3 is 0 Å². The van der Waals surface area contributed by atoms with Crippen LogP contribution in [-0.2, 0) is 4.79 Å². The van der Waals surface area contributed by atoms with Crippen LogP contribution in [0, 0.1) is 6.92 Å². The molecular weight excluding hydrogens is 444 g/mol. The van der Waals surface area contributed by atoms with Gasteiger partial charge in [-0.15, -0.1) is 10.2 Å². The highest BCUT2D eigenvalue weighted by molar-refractivity contribution is 8.02. The van der Waals surface area contributed by atoms with Crippen LogP contribution in [0.1, 0.15) is 12.5 Å². The summed E-state index contributed by atoms with van der Waals surface area (Å²) in [6.45, 7) is 3.74. The minimum absolute atomic E-state index is 0.161. The molecule has 1 atom stereocenters. The van der Waals surface area contributed by atoms with Gasteiger partial charge in [0.05, 0.1) is 19.5 Å². The van der Waals surface area contributed by atoms with Gasteiger partial charge in [0.25, 0.3) is 0 Å². The molecule has 0 saturated carbocycles. The van der Waals surface area contributed by atoms with E-state index >= 15 is 0 Å². The van der Waals surface area contributed by atoms with Crippen molar-refractivity contribution in [1.29, 1.82) is 0 Å². The molecule has 1 aromatic heterocycles. The van der Waals surface area contributed by atoms with Crippen LogP contribution in [-0.4, -0.2) is 35.6 Å². The molecule has 7 nitrogen and oxygen atoms in total. The number of nitrogens with zero attached hydrogens (tertiary/aromatic N) is 2. The van der Waals surface area contributed by atoms with Crippen molar-refractivity contribution in [3.05, 3.63) is 47.0 Å².